The number of likely N-dealkylation sites (N-methyl/N-ethyl adjacent to an activating group) is 1. The fourth-order valence-electron chi connectivity index (χ4n) is 2.74. The zero-order valence-corrected chi connectivity index (χ0v) is 11.8. The number of hydrogen-bond donors (Lipinski definition) is 1. The second kappa shape index (κ2) is 7.11. The Hall–Kier alpha value is -1.04. The van der Waals surface area contributed by atoms with Gasteiger partial charge in [-0.25, -0.2) is 8.78 Å². The van der Waals surface area contributed by atoms with Crippen LogP contribution in [0.1, 0.15) is 30.9 Å². The van der Waals surface area contributed by atoms with Gasteiger partial charge < -0.3 is 10.5 Å². The zero-order chi connectivity index (χ0) is 14.5. The lowest BCUT2D eigenvalue weighted by atomic mass is 10.0. The third-order valence-electron chi connectivity index (χ3n) is 3.79. The van der Waals surface area contributed by atoms with E-state index in [0.717, 1.165) is 32.1 Å². The Kier molecular flexibility index (Phi) is 5.46. The molecule has 2 unspecified atom stereocenters. The smallest absolute Gasteiger partial charge is 0.126 e. The quantitative estimate of drug-likeness (QED) is 0.902. The van der Waals surface area contributed by atoms with E-state index in [4.69, 9.17) is 10.5 Å². The molecule has 20 heavy (non-hydrogen) atoms. The van der Waals surface area contributed by atoms with Gasteiger partial charge in [0.15, 0.2) is 0 Å². The second-order valence-electron chi connectivity index (χ2n) is 5.38. The van der Waals surface area contributed by atoms with E-state index < -0.39 is 11.6 Å². The molecule has 0 saturated carbocycles. The van der Waals surface area contributed by atoms with Crippen LogP contribution in [0.4, 0.5) is 8.78 Å². The van der Waals surface area contributed by atoms with E-state index in [0.29, 0.717) is 12.1 Å². The monoisotopic (exact) mass is 284 g/mol. The predicted molar refractivity (Wildman–Crippen MR) is 74.4 cm³/mol. The predicted octanol–water partition coefficient (Wildman–Crippen LogP) is 2.47. The molecule has 1 heterocycles. The minimum atomic E-state index is -0.569. The van der Waals surface area contributed by atoms with Gasteiger partial charge in [0.1, 0.15) is 11.6 Å². The van der Waals surface area contributed by atoms with Gasteiger partial charge in [-0.1, -0.05) is 0 Å². The van der Waals surface area contributed by atoms with Crippen LogP contribution in [0.25, 0.3) is 0 Å². The van der Waals surface area contributed by atoms with Gasteiger partial charge >= 0.3 is 0 Å². The molecule has 112 valence electrons. The number of nitrogens with zero attached hydrogens (tertiary/aromatic N) is 1. The first-order chi connectivity index (χ1) is 9.60. The van der Waals surface area contributed by atoms with E-state index in [1.807, 2.05) is 11.9 Å². The average molecular weight is 284 g/mol. The molecule has 2 rings (SSSR count). The van der Waals surface area contributed by atoms with E-state index in [9.17, 15) is 8.78 Å². The van der Waals surface area contributed by atoms with Crippen molar-refractivity contribution in [3.05, 3.63) is 35.4 Å². The molecule has 1 fully saturated rings. The Morgan fingerprint density at radius 1 is 1.30 bits per heavy atom. The van der Waals surface area contributed by atoms with E-state index in [-0.39, 0.29) is 12.1 Å². The molecule has 5 heteroatoms. The highest BCUT2D eigenvalue weighted by molar-refractivity contribution is 5.22. The highest BCUT2D eigenvalue weighted by atomic mass is 19.1. The van der Waals surface area contributed by atoms with Crippen molar-refractivity contribution in [2.45, 2.75) is 31.4 Å². The minimum Gasteiger partial charge on any atom is -0.377 e. The summed E-state index contributed by atoms with van der Waals surface area (Å²) in [6.45, 7) is 1.83. The number of rotatable bonds is 5. The molecule has 1 aromatic carbocycles. The Labute approximate surface area is 118 Å². The Morgan fingerprint density at radius 3 is 2.55 bits per heavy atom. The van der Waals surface area contributed by atoms with E-state index in [1.165, 1.54) is 18.6 Å². The summed E-state index contributed by atoms with van der Waals surface area (Å²) in [6, 6.07) is 3.37. The van der Waals surface area contributed by atoms with Gasteiger partial charge in [-0.2, -0.15) is 0 Å². The number of nitrogens with two attached hydrogens (primary N) is 1. The Morgan fingerprint density at radius 2 is 2.00 bits per heavy atom. The van der Waals surface area contributed by atoms with Crippen LogP contribution in [0.2, 0.25) is 0 Å². The van der Waals surface area contributed by atoms with Crippen LogP contribution in [-0.4, -0.2) is 37.7 Å². The summed E-state index contributed by atoms with van der Waals surface area (Å²) in [7, 11) is 1.91. The normalized spacial score (nSPS) is 21.1. The molecule has 3 nitrogen and oxygen atoms in total. The fourth-order valence-corrected chi connectivity index (χ4v) is 2.74. The van der Waals surface area contributed by atoms with E-state index in [2.05, 4.69) is 0 Å². The maximum absolute atomic E-state index is 13.3. The molecule has 1 aliphatic heterocycles. The third kappa shape index (κ3) is 3.98. The maximum atomic E-state index is 13.3. The summed E-state index contributed by atoms with van der Waals surface area (Å²) in [5, 5.41) is 0. The second-order valence-corrected chi connectivity index (χ2v) is 5.38. The average Bonchev–Trinajstić information content (AvgIpc) is 2.39. The van der Waals surface area contributed by atoms with Crippen molar-refractivity contribution in [3.8, 4) is 0 Å². The summed E-state index contributed by atoms with van der Waals surface area (Å²) in [5.74, 6) is -1.14. The molecule has 0 amide bonds. The molecule has 2 N–H and O–H groups in total. The van der Waals surface area contributed by atoms with Crippen molar-refractivity contribution in [1.82, 2.24) is 4.90 Å². The van der Waals surface area contributed by atoms with Crippen molar-refractivity contribution in [2.75, 3.05) is 26.7 Å². The molecule has 0 aromatic heterocycles. The number of benzene rings is 1. The van der Waals surface area contributed by atoms with Crippen LogP contribution in [-0.2, 0) is 4.74 Å². The molecule has 0 bridgehead atoms. The van der Waals surface area contributed by atoms with Crippen LogP contribution in [0.15, 0.2) is 18.2 Å². The van der Waals surface area contributed by atoms with Crippen molar-refractivity contribution < 1.29 is 13.5 Å². The highest BCUT2D eigenvalue weighted by Crippen LogP contribution is 2.23. The zero-order valence-electron chi connectivity index (χ0n) is 11.8. The number of ether oxygens (including phenoxy) is 1. The van der Waals surface area contributed by atoms with Crippen molar-refractivity contribution >= 4 is 0 Å². The molecule has 1 aliphatic rings. The summed E-state index contributed by atoms with van der Waals surface area (Å²) >= 11 is 0. The van der Waals surface area contributed by atoms with Gasteiger partial charge in [-0.3, -0.25) is 4.90 Å². The van der Waals surface area contributed by atoms with Crippen LogP contribution in [0.5, 0.6) is 0 Å². The van der Waals surface area contributed by atoms with Crippen molar-refractivity contribution in [2.24, 2.45) is 5.73 Å². The Balaban J connectivity index is 2.05. The topological polar surface area (TPSA) is 38.5 Å². The minimum absolute atomic E-state index is 0.182. The Bertz CT molecular complexity index is 416. The van der Waals surface area contributed by atoms with Gasteiger partial charge in [-0.05, 0) is 44.0 Å². The molecule has 1 aromatic rings. The van der Waals surface area contributed by atoms with Crippen molar-refractivity contribution in [1.29, 1.82) is 0 Å². The van der Waals surface area contributed by atoms with Gasteiger partial charge in [0.05, 0.1) is 6.10 Å². The lowest BCUT2D eigenvalue weighted by Crippen LogP contribution is -2.38. The van der Waals surface area contributed by atoms with Crippen LogP contribution >= 0.6 is 0 Å². The molecule has 1 saturated heterocycles. The third-order valence-corrected chi connectivity index (χ3v) is 3.79. The standard InChI is InChI=1S/C15H22F2N2O/c1-19(10-14-4-2-3-5-20-14)15(9-18)11-6-12(16)8-13(17)7-11/h6-8,14-15H,2-5,9-10,18H2,1H3. The van der Waals surface area contributed by atoms with Gasteiger partial charge in [0, 0.05) is 31.8 Å². The summed E-state index contributed by atoms with van der Waals surface area (Å²) in [4.78, 5) is 2.02. The molecule has 0 aliphatic carbocycles. The van der Waals surface area contributed by atoms with E-state index >= 15 is 0 Å². The molecular formula is C15H22F2N2O. The molecule has 2 atom stereocenters. The summed E-state index contributed by atoms with van der Waals surface area (Å²) in [6.07, 6.45) is 3.48. The fraction of sp³-hybridized carbons (Fsp3) is 0.600. The van der Waals surface area contributed by atoms with Crippen molar-refractivity contribution in [3.63, 3.8) is 0 Å². The first-order valence-corrected chi connectivity index (χ1v) is 7.08. The van der Waals surface area contributed by atoms with Crippen LogP contribution in [0, 0.1) is 11.6 Å². The number of hydrogen-bond acceptors (Lipinski definition) is 3. The maximum Gasteiger partial charge on any atom is 0.126 e. The number of halogens is 2. The summed E-state index contributed by atoms with van der Waals surface area (Å²) < 4.78 is 32.3. The van der Waals surface area contributed by atoms with Gasteiger partial charge in [0.2, 0.25) is 0 Å². The highest BCUT2D eigenvalue weighted by Gasteiger charge is 2.22. The van der Waals surface area contributed by atoms with Gasteiger partial charge in [0.25, 0.3) is 0 Å². The van der Waals surface area contributed by atoms with E-state index in [1.54, 1.807) is 0 Å². The lowest BCUT2D eigenvalue weighted by Gasteiger charge is -2.32. The van der Waals surface area contributed by atoms with Crippen LogP contribution < -0.4 is 5.73 Å². The summed E-state index contributed by atoms with van der Waals surface area (Å²) in [5.41, 5.74) is 6.36. The SMILES string of the molecule is CN(CC1CCCCO1)C(CN)c1cc(F)cc(F)c1. The molecule has 0 radical (unpaired) electrons. The first kappa shape index (κ1) is 15.4. The largest absolute Gasteiger partial charge is 0.377 e. The molecule has 0 spiro atoms. The first-order valence-electron chi connectivity index (χ1n) is 7.08. The van der Waals surface area contributed by atoms with Crippen LogP contribution in [0.3, 0.4) is 0 Å². The lowest BCUT2D eigenvalue weighted by molar-refractivity contribution is -0.00780. The molecular weight excluding hydrogens is 262 g/mol. The van der Waals surface area contributed by atoms with Gasteiger partial charge in [-0.15, -0.1) is 0 Å².